The molecule has 4 aromatic rings. The monoisotopic (exact) mass is 475 g/mol. The van der Waals surface area contributed by atoms with Crippen molar-refractivity contribution in [3.05, 3.63) is 95.8 Å². The molecule has 0 saturated carbocycles. The van der Waals surface area contributed by atoms with Crippen molar-refractivity contribution in [1.82, 2.24) is 20.2 Å². The van der Waals surface area contributed by atoms with Gasteiger partial charge in [0.2, 0.25) is 11.1 Å². The van der Waals surface area contributed by atoms with E-state index in [0.29, 0.717) is 17.5 Å². The van der Waals surface area contributed by atoms with Crippen LogP contribution >= 0.6 is 11.8 Å². The van der Waals surface area contributed by atoms with Gasteiger partial charge in [-0.1, -0.05) is 66.4 Å². The van der Waals surface area contributed by atoms with Crippen LogP contribution in [0.2, 0.25) is 0 Å². The first-order chi connectivity index (χ1) is 16.6. The molecule has 172 valence electrons. The summed E-state index contributed by atoms with van der Waals surface area (Å²) < 4.78 is 20.6. The first-order valence-corrected chi connectivity index (χ1v) is 11.6. The number of thioether (sulfide) groups is 1. The largest absolute Gasteiger partial charge is 0.497 e. The molecule has 0 aliphatic carbocycles. The van der Waals surface area contributed by atoms with Gasteiger partial charge in [0.05, 0.1) is 13.2 Å². The predicted molar refractivity (Wildman–Crippen MR) is 128 cm³/mol. The fourth-order valence-electron chi connectivity index (χ4n) is 3.78. The zero-order chi connectivity index (χ0) is 23.5. The fourth-order valence-corrected chi connectivity index (χ4v) is 4.89. The number of ether oxygens (including phenoxy) is 1. The number of aromatic nitrogens is 3. The summed E-state index contributed by atoms with van der Waals surface area (Å²) in [4.78, 5) is 13.3. The van der Waals surface area contributed by atoms with Gasteiger partial charge in [0.1, 0.15) is 16.8 Å². The lowest BCUT2D eigenvalue weighted by atomic mass is 10.0. The van der Waals surface area contributed by atoms with E-state index in [4.69, 9.17) is 4.74 Å². The number of carbonyl (C=O) groups excluding carboxylic acids is 1. The Morgan fingerprint density at radius 2 is 1.79 bits per heavy atom. The van der Waals surface area contributed by atoms with Gasteiger partial charge in [-0.05, 0) is 35.4 Å². The minimum absolute atomic E-state index is 0.154. The van der Waals surface area contributed by atoms with Crippen LogP contribution in [0.5, 0.6) is 5.75 Å². The molecule has 2 N–H and O–H groups in total. The van der Waals surface area contributed by atoms with Crippen LogP contribution in [-0.2, 0) is 11.3 Å². The van der Waals surface area contributed by atoms with Gasteiger partial charge < -0.3 is 15.5 Å². The highest BCUT2D eigenvalue weighted by atomic mass is 32.2. The third-order valence-electron chi connectivity index (χ3n) is 5.58. The number of fused-ring (bicyclic) bond motifs is 1. The summed E-state index contributed by atoms with van der Waals surface area (Å²) in [7, 11) is 1.61. The van der Waals surface area contributed by atoms with Crippen molar-refractivity contribution in [2.45, 2.75) is 23.0 Å². The molecule has 1 aliphatic rings. The molecular weight excluding hydrogens is 453 g/mol. The minimum Gasteiger partial charge on any atom is -0.497 e. The molecule has 34 heavy (non-hydrogen) atoms. The average Bonchev–Trinajstić information content (AvgIpc) is 3.31. The van der Waals surface area contributed by atoms with Crippen LogP contribution in [0.25, 0.3) is 11.4 Å². The van der Waals surface area contributed by atoms with Gasteiger partial charge in [-0.3, -0.25) is 4.79 Å². The normalized spacial score (nSPS) is 16.9. The Morgan fingerprint density at radius 3 is 2.50 bits per heavy atom. The molecule has 0 radical (unpaired) electrons. The number of methoxy groups -OCH3 is 1. The maximum absolute atomic E-state index is 13.6. The van der Waals surface area contributed by atoms with Gasteiger partial charge in [-0.15, -0.1) is 10.2 Å². The maximum Gasteiger partial charge on any atom is 0.236 e. The van der Waals surface area contributed by atoms with Crippen LogP contribution in [0.1, 0.15) is 17.2 Å². The van der Waals surface area contributed by atoms with E-state index in [1.807, 2.05) is 54.6 Å². The molecular formula is C25H22FN5O2S. The summed E-state index contributed by atoms with van der Waals surface area (Å²) in [6.45, 7) is 0.373. The molecule has 1 aromatic heterocycles. The third kappa shape index (κ3) is 4.47. The number of rotatable bonds is 6. The number of hydrogen-bond donors (Lipinski definition) is 2. The van der Waals surface area contributed by atoms with Crippen molar-refractivity contribution in [3.63, 3.8) is 0 Å². The van der Waals surface area contributed by atoms with E-state index in [0.717, 1.165) is 22.4 Å². The van der Waals surface area contributed by atoms with Gasteiger partial charge in [-0.2, -0.15) is 0 Å². The van der Waals surface area contributed by atoms with Crippen molar-refractivity contribution in [2.75, 3.05) is 12.5 Å². The molecule has 1 amide bonds. The van der Waals surface area contributed by atoms with Gasteiger partial charge in [0.25, 0.3) is 0 Å². The topological polar surface area (TPSA) is 81.1 Å². The van der Waals surface area contributed by atoms with Gasteiger partial charge >= 0.3 is 0 Å². The van der Waals surface area contributed by atoms with Gasteiger partial charge in [-0.25, -0.2) is 9.07 Å². The molecule has 5 rings (SSSR count). The molecule has 2 heterocycles. The molecule has 0 spiro atoms. The lowest BCUT2D eigenvalue weighted by Gasteiger charge is -2.33. The number of carbonyl (C=O) groups is 1. The molecule has 0 fully saturated rings. The number of benzene rings is 3. The Kier molecular flexibility index (Phi) is 6.18. The van der Waals surface area contributed by atoms with E-state index >= 15 is 0 Å². The second kappa shape index (κ2) is 9.56. The highest BCUT2D eigenvalue weighted by molar-refractivity contribution is 8.00. The first kappa shape index (κ1) is 22.0. The Morgan fingerprint density at radius 1 is 1.06 bits per heavy atom. The second-order valence-electron chi connectivity index (χ2n) is 7.77. The molecule has 0 unspecified atom stereocenters. The highest BCUT2D eigenvalue weighted by Gasteiger charge is 2.38. The van der Waals surface area contributed by atoms with E-state index in [1.165, 1.54) is 23.9 Å². The Bertz CT molecular complexity index is 1280. The zero-order valence-corrected chi connectivity index (χ0v) is 19.1. The molecule has 2 atom stereocenters. The molecule has 1 aliphatic heterocycles. The van der Waals surface area contributed by atoms with Crippen LogP contribution in [-0.4, -0.2) is 33.1 Å². The Balaban J connectivity index is 1.42. The molecule has 0 bridgehead atoms. The summed E-state index contributed by atoms with van der Waals surface area (Å²) in [5.41, 5.74) is 6.04. The third-order valence-corrected chi connectivity index (χ3v) is 6.80. The zero-order valence-electron chi connectivity index (χ0n) is 18.3. The van der Waals surface area contributed by atoms with Crippen LogP contribution in [0.4, 0.5) is 4.39 Å². The molecule has 9 heteroatoms. The summed E-state index contributed by atoms with van der Waals surface area (Å²) in [6.07, 6.45) is 0. The highest BCUT2D eigenvalue weighted by Crippen LogP contribution is 2.38. The molecule has 3 aromatic carbocycles. The fraction of sp³-hybridized carbons (Fsp3) is 0.160. The van der Waals surface area contributed by atoms with Crippen molar-refractivity contribution in [3.8, 4) is 17.1 Å². The number of hydrogen-bond acceptors (Lipinski definition) is 6. The molecule has 0 saturated heterocycles. The lowest BCUT2D eigenvalue weighted by Crippen LogP contribution is -2.43. The van der Waals surface area contributed by atoms with E-state index in [2.05, 4.69) is 20.9 Å². The van der Waals surface area contributed by atoms with E-state index in [1.54, 1.807) is 23.9 Å². The predicted octanol–water partition coefficient (Wildman–Crippen LogP) is 4.17. The van der Waals surface area contributed by atoms with E-state index in [9.17, 15) is 9.18 Å². The van der Waals surface area contributed by atoms with Crippen LogP contribution in [0.15, 0.2) is 84.0 Å². The van der Waals surface area contributed by atoms with Gasteiger partial charge in [0, 0.05) is 12.1 Å². The van der Waals surface area contributed by atoms with Crippen LogP contribution in [0.3, 0.4) is 0 Å². The van der Waals surface area contributed by atoms with E-state index < -0.39 is 11.3 Å². The number of nitrogens with one attached hydrogen (secondary N) is 2. The Labute approximate surface area is 200 Å². The van der Waals surface area contributed by atoms with Crippen molar-refractivity contribution in [2.24, 2.45) is 0 Å². The quantitative estimate of drug-likeness (QED) is 0.436. The Hall–Kier alpha value is -3.85. The van der Waals surface area contributed by atoms with Gasteiger partial charge in [0.15, 0.2) is 5.82 Å². The molecule has 7 nitrogen and oxygen atoms in total. The van der Waals surface area contributed by atoms with Crippen LogP contribution in [0, 0.1) is 5.82 Å². The van der Waals surface area contributed by atoms with Crippen LogP contribution < -0.4 is 15.5 Å². The summed E-state index contributed by atoms with van der Waals surface area (Å²) in [6, 6.07) is 23.0. The number of halogens is 1. The summed E-state index contributed by atoms with van der Waals surface area (Å²) in [5.74, 6) is 0.917. The number of nitrogens with zero attached hydrogens (tertiary/aromatic N) is 3. The summed E-state index contributed by atoms with van der Waals surface area (Å²) in [5, 5.41) is 11.7. The minimum atomic E-state index is -0.538. The number of amides is 1. The summed E-state index contributed by atoms with van der Waals surface area (Å²) >= 11 is 1.33. The second-order valence-corrected chi connectivity index (χ2v) is 8.88. The maximum atomic E-state index is 13.6. The standard InChI is InChI=1S/C25H22FN5O2S/c1-33-20-13-7-16(8-14-20)15-27-24(32)22-21(17-9-11-19(26)12-10-17)30-31-23(28-29-25(31)34-22)18-5-3-2-4-6-18/h2-14,21-22,30H,15H2,1H3,(H,27,32)/t21-,22-/m1/s1. The SMILES string of the molecule is COc1ccc(CNC(=O)[C@@H]2Sc3nnc(-c4ccccc4)n3N[C@@H]2c2ccc(F)cc2)cc1. The smallest absolute Gasteiger partial charge is 0.236 e. The van der Waals surface area contributed by atoms with Crippen molar-refractivity contribution in [1.29, 1.82) is 0 Å². The lowest BCUT2D eigenvalue weighted by molar-refractivity contribution is -0.121. The van der Waals surface area contributed by atoms with E-state index in [-0.39, 0.29) is 11.7 Å². The van der Waals surface area contributed by atoms with Crippen molar-refractivity contribution >= 4 is 17.7 Å². The van der Waals surface area contributed by atoms with Crippen molar-refractivity contribution < 1.29 is 13.9 Å². The first-order valence-electron chi connectivity index (χ1n) is 10.7. The average molecular weight is 476 g/mol.